The normalized spacial score (nSPS) is 31.5. The van der Waals surface area contributed by atoms with Crippen molar-refractivity contribution in [3.63, 3.8) is 0 Å². The third-order valence-corrected chi connectivity index (χ3v) is 2.51. The van der Waals surface area contributed by atoms with E-state index in [0.29, 0.717) is 11.8 Å². The van der Waals surface area contributed by atoms with Crippen LogP contribution in [0, 0.1) is 11.8 Å². The molecule has 0 aliphatic heterocycles. The summed E-state index contributed by atoms with van der Waals surface area (Å²) in [5, 5.41) is 11.6. The Labute approximate surface area is 66.8 Å². The van der Waals surface area contributed by atoms with Crippen LogP contribution in [0.15, 0.2) is 0 Å². The highest BCUT2D eigenvalue weighted by Gasteiger charge is 2.44. The molecule has 0 aromatic carbocycles. The minimum Gasteiger partial charge on any atom is -0.480 e. The number of hydrogen-bond acceptors (Lipinski definition) is 2. The summed E-state index contributed by atoms with van der Waals surface area (Å²) in [5.41, 5.74) is 0. The minimum absolute atomic E-state index is 0.319. The van der Waals surface area contributed by atoms with Gasteiger partial charge < -0.3 is 10.4 Å². The molecule has 0 heterocycles. The Bertz CT molecular complexity index is 158. The Morgan fingerprint density at radius 1 is 1.82 bits per heavy atom. The van der Waals surface area contributed by atoms with E-state index in [1.165, 1.54) is 0 Å². The van der Waals surface area contributed by atoms with E-state index in [9.17, 15) is 4.79 Å². The molecule has 1 rings (SSSR count). The van der Waals surface area contributed by atoms with Crippen molar-refractivity contribution in [3.8, 4) is 0 Å². The van der Waals surface area contributed by atoms with Crippen LogP contribution in [0.2, 0.25) is 0 Å². The number of rotatable bonds is 4. The van der Waals surface area contributed by atoms with Gasteiger partial charge in [0.05, 0.1) is 0 Å². The van der Waals surface area contributed by atoms with Gasteiger partial charge in [-0.25, -0.2) is 0 Å². The summed E-state index contributed by atoms with van der Waals surface area (Å²) in [7, 11) is 1.71. The lowest BCUT2D eigenvalue weighted by Crippen LogP contribution is -2.36. The molecule has 1 saturated carbocycles. The molecule has 3 nitrogen and oxygen atoms in total. The van der Waals surface area contributed by atoms with E-state index in [1.54, 1.807) is 7.05 Å². The summed E-state index contributed by atoms with van der Waals surface area (Å²) in [5.74, 6) is 0.305. The molecule has 0 bridgehead atoms. The maximum absolute atomic E-state index is 10.6. The topological polar surface area (TPSA) is 49.3 Å². The standard InChI is InChI=1S/C8H15NO2/c1-3-5-4-6(5)7(9-2)8(10)11/h5-7,9H,3-4H2,1-2H3,(H,10,11). The van der Waals surface area contributed by atoms with E-state index in [-0.39, 0.29) is 6.04 Å². The summed E-state index contributed by atoms with van der Waals surface area (Å²) in [6.07, 6.45) is 2.18. The number of carboxylic acid groups (broad SMARTS) is 1. The van der Waals surface area contributed by atoms with Gasteiger partial charge in [-0.15, -0.1) is 0 Å². The summed E-state index contributed by atoms with van der Waals surface area (Å²) in [6.45, 7) is 2.11. The second kappa shape index (κ2) is 3.22. The van der Waals surface area contributed by atoms with Gasteiger partial charge in [0.2, 0.25) is 0 Å². The molecule has 3 atom stereocenters. The smallest absolute Gasteiger partial charge is 0.320 e. The lowest BCUT2D eigenvalue weighted by molar-refractivity contribution is -0.140. The predicted octanol–water partition coefficient (Wildman–Crippen LogP) is 0.705. The maximum atomic E-state index is 10.6. The Morgan fingerprint density at radius 2 is 2.45 bits per heavy atom. The SMILES string of the molecule is CCC1CC1C(NC)C(=O)O. The van der Waals surface area contributed by atoms with Crippen LogP contribution < -0.4 is 5.32 Å². The van der Waals surface area contributed by atoms with Gasteiger partial charge in [0.1, 0.15) is 6.04 Å². The molecule has 11 heavy (non-hydrogen) atoms. The van der Waals surface area contributed by atoms with Gasteiger partial charge in [-0.05, 0) is 25.3 Å². The van der Waals surface area contributed by atoms with Crippen molar-refractivity contribution in [2.45, 2.75) is 25.8 Å². The Morgan fingerprint density at radius 3 is 2.73 bits per heavy atom. The highest BCUT2D eigenvalue weighted by Crippen LogP contribution is 2.43. The highest BCUT2D eigenvalue weighted by atomic mass is 16.4. The molecule has 3 unspecified atom stereocenters. The van der Waals surface area contributed by atoms with Crippen molar-refractivity contribution in [1.82, 2.24) is 5.32 Å². The summed E-state index contributed by atoms with van der Waals surface area (Å²) in [6, 6.07) is -0.319. The summed E-state index contributed by atoms with van der Waals surface area (Å²) < 4.78 is 0. The fourth-order valence-corrected chi connectivity index (χ4v) is 1.67. The zero-order valence-electron chi connectivity index (χ0n) is 7.00. The molecular formula is C8H15NO2. The molecule has 64 valence electrons. The third kappa shape index (κ3) is 1.71. The first kappa shape index (κ1) is 8.53. The van der Waals surface area contributed by atoms with E-state index >= 15 is 0 Å². The van der Waals surface area contributed by atoms with Gasteiger partial charge in [0.25, 0.3) is 0 Å². The third-order valence-electron chi connectivity index (χ3n) is 2.51. The molecule has 0 amide bonds. The van der Waals surface area contributed by atoms with E-state index < -0.39 is 5.97 Å². The molecule has 1 aliphatic carbocycles. The van der Waals surface area contributed by atoms with Crippen molar-refractivity contribution in [1.29, 1.82) is 0 Å². The van der Waals surface area contributed by atoms with Gasteiger partial charge in [0, 0.05) is 0 Å². The van der Waals surface area contributed by atoms with Crippen LogP contribution in [0.5, 0.6) is 0 Å². The zero-order chi connectivity index (χ0) is 8.43. The monoisotopic (exact) mass is 157 g/mol. The minimum atomic E-state index is -0.714. The zero-order valence-corrected chi connectivity index (χ0v) is 7.00. The average Bonchev–Trinajstić information content (AvgIpc) is 2.68. The number of likely N-dealkylation sites (N-methyl/N-ethyl adjacent to an activating group) is 1. The van der Waals surface area contributed by atoms with E-state index in [4.69, 9.17) is 5.11 Å². The summed E-state index contributed by atoms with van der Waals surface area (Å²) >= 11 is 0. The Hall–Kier alpha value is -0.570. The van der Waals surface area contributed by atoms with Gasteiger partial charge in [-0.2, -0.15) is 0 Å². The van der Waals surface area contributed by atoms with Crippen LogP contribution in [-0.4, -0.2) is 24.2 Å². The van der Waals surface area contributed by atoms with Crippen molar-refractivity contribution in [2.24, 2.45) is 11.8 Å². The first-order valence-electron chi connectivity index (χ1n) is 4.10. The molecular weight excluding hydrogens is 142 g/mol. The predicted molar refractivity (Wildman–Crippen MR) is 42.4 cm³/mol. The largest absolute Gasteiger partial charge is 0.480 e. The second-order valence-electron chi connectivity index (χ2n) is 3.17. The van der Waals surface area contributed by atoms with E-state index in [1.807, 2.05) is 0 Å². The number of aliphatic carboxylic acids is 1. The van der Waals surface area contributed by atoms with Crippen LogP contribution in [0.25, 0.3) is 0 Å². The maximum Gasteiger partial charge on any atom is 0.320 e. The molecule has 0 spiro atoms. The molecule has 0 radical (unpaired) electrons. The van der Waals surface area contributed by atoms with Crippen molar-refractivity contribution in [3.05, 3.63) is 0 Å². The van der Waals surface area contributed by atoms with E-state index in [2.05, 4.69) is 12.2 Å². The quantitative estimate of drug-likeness (QED) is 0.631. The molecule has 1 aliphatic rings. The molecule has 1 fully saturated rings. The second-order valence-corrected chi connectivity index (χ2v) is 3.17. The number of nitrogens with one attached hydrogen (secondary N) is 1. The van der Waals surface area contributed by atoms with Crippen LogP contribution in [0.3, 0.4) is 0 Å². The average molecular weight is 157 g/mol. The molecule has 0 saturated heterocycles. The Balaban J connectivity index is 2.40. The first-order valence-corrected chi connectivity index (χ1v) is 4.10. The fourth-order valence-electron chi connectivity index (χ4n) is 1.67. The van der Waals surface area contributed by atoms with Gasteiger partial charge in [-0.1, -0.05) is 13.3 Å². The first-order chi connectivity index (χ1) is 5.20. The van der Waals surface area contributed by atoms with Gasteiger partial charge >= 0.3 is 5.97 Å². The fraction of sp³-hybridized carbons (Fsp3) is 0.875. The highest BCUT2D eigenvalue weighted by molar-refractivity contribution is 5.74. The van der Waals surface area contributed by atoms with Gasteiger partial charge in [-0.3, -0.25) is 4.79 Å². The molecule has 0 aromatic rings. The lowest BCUT2D eigenvalue weighted by atomic mass is 10.1. The molecule has 0 aromatic heterocycles. The van der Waals surface area contributed by atoms with Crippen LogP contribution >= 0.6 is 0 Å². The number of carboxylic acids is 1. The van der Waals surface area contributed by atoms with Crippen LogP contribution in [-0.2, 0) is 4.79 Å². The number of carbonyl (C=O) groups is 1. The molecule has 3 heteroatoms. The van der Waals surface area contributed by atoms with E-state index in [0.717, 1.165) is 12.8 Å². The van der Waals surface area contributed by atoms with Crippen molar-refractivity contribution >= 4 is 5.97 Å². The lowest BCUT2D eigenvalue weighted by Gasteiger charge is -2.09. The van der Waals surface area contributed by atoms with Crippen LogP contribution in [0.1, 0.15) is 19.8 Å². The Kier molecular flexibility index (Phi) is 2.49. The molecule has 2 N–H and O–H groups in total. The van der Waals surface area contributed by atoms with Crippen LogP contribution in [0.4, 0.5) is 0 Å². The van der Waals surface area contributed by atoms with Crippen molar-refractivity contribution < 1.29 is 9.90 Å². The van der Waals surface area contributed by atoms with Gasteiger partial charge in [0.15, 0.2) is 0 Å². The number of hydrogen-bond donors (Lipinski definition) is 2. The summed E-state index contributed by atoms with van der Waals surface area (Å²) in [4.78, 5) is 10.6. The van der Waals surface area contributed by atoms with Crippen molar-refractivity contribution in [2.75, 3.05) is 7.05 Å².